The van der Waals surface area contributed by atoms with E-state index in [1.54, 1.807) is 36.5 Å². The summed E-state index contributed by atoms with van der Waals surface area (Å²) < 4.78 is 4.94. The Morgan fingerprint density at radius 3 is 2.64 bits per heavy atom. The van der Waals surface area contributed by atoms with Gasteiger partial charge in [0.2, 0.25) is 11.8 Å². The van der Waals surface area contributed by atoms with Crippen molar-refractivity contribution in [1.82, 2.24) is 4.98 Å². The van der Waals surface area contributed by atoms with Gasteiger partial charge in [-0.15, -0.1) is 0 Å². The van der Waals surface area contributed by atoms with Gasteiger partial charge in [0.15, 0.2) is 0 Å². The van der Waals surface area contributed by atoms with Crippen LogP contribution in [-0.4, -0.2) is 29.1 Å². The Kier molecular flexibility index (Phi) is 4.87. The summed E-state index contributed by atoms with van der Waals surface area (Å²) in [6, 6.07) is 9.63. The third-order valence-electron chi connectivity index (χ3n) is 2.81. The number of carbonyl (C=O) groups is 2. The van der Waals surface area contributed by atoms with Crippen LogP contribution in [0.25, 0.3) is 6.08 Å². The monoisotopic (exact) mass is 298 g/mol. The second-order valence-corrected chi connectivity index (χ2v) is 4.31. The Morgan fingerprint density at radius 1 is 1.23 bits per heavy atom. The van der Waals surface area contributed by atoms with Gasteiger partial charge in [0, 0.05) is 18.3 Å². The minimum atomic E-state index is -1.10. The number of anilines is 1. The van der Waals surface area contributed by atoms with E-state index in [4.69, 9.17) is 9.84 Å². The highest BCUT2D eigenvalue weighted by Crippen LogP contribution is 2.15. The van der Waals surface area contributed by atoms with Gasteiger partial charge in [-0.1, -0.05) is 12.1 Å². The number of pyridine rings is 1. The van der Waals surface area contributed by atoms with E-state index in [1.807, 2.05) is 0 Å². The number of aromatic carboxylic acids is 1. The number of methoxy groups -OCH3 is 1. The highest BCUT2D eigenvalue weighted by molar-refractivity contribution is 6.06. The number of carbonyl (C=O) groups excluding carboxylic acids is 1. The molecule has 6 nitrogen and oxygen atoms in total. The van der Waals surface area contributed by atoms with E-state index >= 15 is 0 Å². The second kappa shape index (κ2) is 7.03. The van der Waals surface area contributed by atoms with E-state index in [0.717, 1.165) is 5.56 Å². The zero-order valence-corrected chi connectivity index (χ0v) is 11.8. The minimum Gasteiger partial charge on any atom is -0.481 e. The van der Waals surface area contributed by atoms with Crippen LogP contribution in [0.5, 0.6) is 5.88 Å². The normalized spacial score (nSPS) is 10.4. The number of para-hydroxylation sites is 1. The smallest absolute Gasteiger partial charge is 0.337 e. The molecule has 1 aromatic carbocycles. The number of nitrogens with one attached hydrogen (secondary N) is 1. The van der Waals surface area contributed by atoms with Crippen LogP contribution in [0.4, 0.5) is 5.69 Å². The van der Waals surface area contributed by atoms with Crippen molar-refractivity contribution in [3.63, 3.8) is 0 Å². The van der Waals surface area contributed by atoms with Gasteiger partial charge in [-0.2, -0.15) is 0 Å². The Labute approximate surface area is 127 Å². The molecule has 22 heavy (non-hydrogen) atoms. The van der Waals surface area contributed by atoms with Crippen molar-refractivity contribution in [2.75, 3.05) is 12.4 Å². The Hall–Kier alpha value is -3.15. The van der Waals surface area contributed by atoms with E-state index in [2.05, 4.69) is 10.3 Å². The van der Waals surface area contributed by atoms with Crippen molar-refractivity contribution < 1.29 is 19.4 Å². The van der Waals surface area contributed by atoms with Crippen LogP contribution >= 0.6 is 0 Å². The zero-order valence-electron chi connectivity index (χ0n) is 11.8. The number of amides is 1. The van der Waals surface area contributed by atoms with Crippen LogP contribution in [-0.2, 0) is 4.79 Å². The van der Waals surface area contributed by atoms with Gasteiger partial charge in [0.1, 0.15) is 0 Å². The number of rotatable bonds is 5. The Morgan fingerprint density at radius 2 is 2.00 bits per heavy atom. The van der Waals surface area contributed by atoms with Crippen LogP contribution in [0.3, 0.4) is 0 Å². The summed E-state index contributed by atoms with van der Waals surface area (Å²) in [5.74, 6) is -1.04. The van der Waals surface area contributed by atoms with Gasteiger partial charge >= 0.3 is 5.97 Å². The molecule has 0 aliphatic rings. The van der Waals surface area contributed by atoms with Crippen molar-refractivity contribution in [2.45, 2.75) is 0 Å². The van der Waals surface area contributed by atoms with Crippen LogP contribution in [0.15, 0.2) is 48.7 Å². The molecular formula is C16H14N2O4. The largest absolute Gasteiger partial charge is 0.481 e. The fourth-order valence-electron chi connectivity index (χ4n) is 1.74. The molecule has 2 aromatic rings. The maximum atomic E-state index is 11.8. The molecule has 2 N–H and O–H groups in total. The molecule has 1 heterocycles. The standard InChI is InChI=1S/C16H14N2O4/c1-22-15-9-7-11(10-17-15)6-8-14(19)18-13-5-3-2-4-12(13)16(20)21/h2-10H,1H3,(H,18,19)(H,20,21)/b8-6+. The summed E-state index contributed by atoms with van der Waals surface area (Å²) in [6.45, 7) is 0. The molecule has 0 saturated carbocycles. The molecular weight excluding hydrogens is 284 g/mol. The first-order valence-corrected chi connectivity index (χ1v) is 6.41. The van der Waals surface area contributed by atoms with Crippen LogP contribution in [0.1, 0.15) is 15.9 Å². The van der Waals surface area contributed by atoms with Gasteiger partial charge in [-0.05, 0) is 29.8 Å². The quantitative estimate of drug-likeness (QED) is 0.828. The van der Waals surface area contributed by atoms with E-state index < -0.39 is 11.9 Å². The summed E-state index contributed by atoms with van der Waals surface area (Å²) in [6.07, 6.45) is 4.45. The summed E-state index contributed by atoms with van der Waals surface area (Å²) in [5, 5.41) is 11.6. The van der Waals surface area contributed by atoms with Gasteiger partial charge in [0.05, 0.1) is 18.4 Å². The third-order valence-corrected chi connectivity index (χ3v) is 2.81. The van der Waals surface area contributed by atoms with Crippen molar-refractivity contribution in [3.8, 4) is 5.88 Å². The molecule has 1 aromatic heterocycles. The number of aromatic nitrogens is 1. The first kappa shape index (κ1) is 15.2. The van der Waals surface area contributed by atoms with E-state index in [0.29, 0.717) is 5.88 Å². The number of carboxylic acid groups (broad SMARTS) is 1. The number of carboxylic acids is 1. The van der Waals surface area contributed by atoms with Gasteiger partial charge in [0.25, 0.3) is 0 Å². The maximum absolute atomic E-state index is 11.8. The first-order valence-electron chi connectivity index (χ1n) is 6.41. The molecule has 0 saturated heterocycles. The molecule has 0 atom stereocenters. The van der Waals surface area contributed by atoms with E-state index in [-0.39, 0.29) is 11.3 Å². The lowest BCUT2D eigenvalue weighted by molar-refractivity contribution is -0.111. The van der Waals surface area contributed by atoms with Crippen molar-refractivity contribution in [1.29, 1.82) is 0 Å². The Bertz CT molecular complexity index is 708. The van der Waals surface area contributed by atoms with E-state index in [9.17, 15) is 9.59 Å². The molecule has 0 unspecified atom stereocenters. The molecule has 1 amide bonds. The lowest BCUT2D eigenvalue weighted by atomic mass is 10.2. The SMILES string of the molecule is COc1ccc(/C=C/C(=O)Nc2ccccc2C(=O)O)cn1. The lowest BCUT2D eigenvalue weighted by Gasteiger charge is -2.05. The fraction of sp³-hybridized carbons (Fsp3) is 0.0625. The number of ether oxygens (including phenoxy) is 1. The van der Waals surface area contributed by atoms with Gasteiger partial charge in [-0.3, -0.25) is 4.79 Å². The van der Waals surface area contributed by atoms with Crippen molar-refractivity contribution in [2.24, 2.45) is 0 Å². The van der Waals surface area contributed by atoms with Crippen molar-refractivity contribution in [3.05, 3.63) is 59.8 Å². The molecule has 2 rings (SSSR count). The predicted molar refractivity (Wildman–Crippen MR) is 81.9 cm³/mol. The van der Waals surface area contributed by atoms with Crippen LogP contribution in [0.2, 0.25) is 0 Å². The second-order valence-electron chi connectivity index (χ2n) is 4.31. The van der Waals surface area contributed by atoms with Crippen LogP contribution < -0.4 is 10.1 Å². The summed E-state index contributed by atoms with van der Waals surface area (Å²) in [5.41, 5.74) is 1.01. The highest BCUT2D eigenvalue weighted by Gasteiger charge is 2.10. The van der Waals surface area contributed by atoms with Crippen LogP contribution in [0, 0.1) is 0 Å². The molecule has 0 aliphatic carbocycles. The molecule has 0 bridgehead atoms. The fourth-order valence-corrected chi connectivity index (χ4v) is 1.74. The highest BCUT2D eigenvalue weighted by atomic mass is 16.5. The topological polar surface area (TPSA) is 88.5 Å². The average Bonchev–Trinajstić information content (AvgIpc) is 2.53. The zero-order chi connectivity index (χ0) is 15.9. The average molecular weight is 298 g/mol. The number of hydrogen-bond donors (Lipinski definition) is 2. The lowest BCUT2D eigenvalue weighted by Crippen LogP contribution is -2.11. The molecule has 112 valence electrons. The van der Waals surface area contributed by atoms with E-state index in [1.165, 1.54) is 25.3 Å². The maximum Gasteiger partial charge on any atom is 0.337 e. The summed E-state index contributed by atoms with van der Waals surface area (Å²) >= 11 is 0. The molecule has 0 spiro atoms. The molecule has 0 aliphatic heterocycles. The van der Waals surface area contributed by atoms with Gasteiger partial charge < -0.3 is 15.2 Å². The number of benzene rings is 1. The summed E-state index contributed by atoms with van der Waals surface area (Å²) in [7, 11) is 1.52. The van der Waals surface area contributed by atoms with Crippen molar-refractivity contribution >= 4 is 23.6 Å². The van der Waals surface area contributed by atoms with Gasteiger partial charge in [-0.25, -0.2) is 9.78 Å². The predicted octanol–water partition coefficient (Wildman–Crippen LogP) is 2.44. The third kappa shape index (κ3) is 3.92. The minimum absolute atomic E-state index is 0.0374. The molecule has 0 fully saturated rings. The Balaban J connectivity index is 2.06. The molecule has 6 heteroatoms. The summed E-state index contributed by atoms with van der Waals surface area (Å²) in [4.78, 5) is 26.9. The number of nitrogens with zero attached hydrogens (tertiary/aromatic N) is 1. The molecule has 0 radical (unpaired) electrons. The number of hydrogen-bond acceptors (Lipinski definition) is 4. The first-order chi connectivity index (χ1) is 10.6.